The first-order chi connectivity index (χ1) is 19.2. The predicted molar refractivity (Wildman–Crippen MR) is 151 cm³/mol. The summed E-state index contributed by atoms with van der Waals surface area (Å²) < 4.78 is 42.8. The Balaban J connectivity index is 1.18. The minimum Gasteiger partial charge on any atom is -0.333 e. The molecule has 11 heteroatoms. The van der Waals surface area contributed by atoms with Crippen molar-refractivity contribution in [3.05, 3.63) is 102 Å². The van der Waals surface area contributed by atoms with Gasteiger partial charge in [-0.2, -0.15) is 18.3 Å². The van der Waals surface area contributed by atoms with Gasteiger partial charge in [0.15, 0.2) is 0 Å². The highest BCUT2D eigenvalue weighted by molar-refractivity contribution is 7.99. The summed E-state index contributed by atoms with van der Waals surface area (Å²) in [6.45, 7) is 1.80. The van der Waals surface area contributed by atoms with Crippen LogP contribution in [0.5, 0.6) is 0 Å². The molecule has 0 atom stereocenters. The van der Waals surface area contributed by atoms with E-state index in [1.54, 1.807) is 23.9 Å². The van der Waals surface area contributed by atoms with Crippen LogP contribution in [0.1, 0.15) is 34.6 Å². The summed E-state index contributed by atoms with van der Waals surface area (Å²) in [4.78, 5) is 21.8. The third-order valence-electron chi connectivity index (χ3n) is 6.08. The summed E-state index contributed by atoms with van der Waals surface area (Å²) in [5.41, 5.74) is 2.63. The highest BCUT2D eigenvalue weighted by atomic mass is 32.2. The number of aryl methyl sites for hydroxylation is 1. The quantitative estimate of drug-likeness (QED) is 0.193. The molecule has 3 aromatic heterocycles. The van der Waals surface area contributed by atoms with Crippen LogP contribution in [0.4, 0.5) is 18.9 Å². The average molecular weight is 563 g/mol. The molecule has 7 nitrogen and oxygen atoms in total. The van der Waals surface area contributed by atoms with Gasteiger partial charge in [-0.1, -0.05) is 12.1 Å². The molecule has 0 aliphatic carbocycles. The molecule has 0 radical (unpaired) electrons. The van der Waals surface area contributed by atoms with Crippen LogP contribution in [0.25, 0.3) is 23.1 Å². The van der Waals surface area contributed by atoms with Gasteiger partial charge in [0.25, 0.3) is 0 Å². The van der Waals surface area contributed by atoms with Crippen LogP contribution in [-0.2, 0) is 17.5 Å². The molecule has 0 saturated heterocycles. The van der Waals surface area contributed by atoms with Crippen LogP contribution < -0.4 is 5.32 Å². The number of anilines is 1. The molecule has 0 saturated carbocycles. The van der Waals surface area contributed by atoms with Crippen LogP contribution >= 0.6 is 11.8 Å². The second kappa shape index (κ2) is 11.8. The van der Waals surface area contributed by atoms with Gasteiger partial charge in [0.05, 0.1) is 34.5 Å². The number of amides is 1. The van der Waals surface area contributed by atoms with Crippen LogP contribution in [0.3, 0.4) is 0 Å². The monoisotopic (exact) mass is 562 g/mol. The number of hydrogen-bond donors (Lipinski definition) is 2. The van der Waals surface area contributed by atoms with E-state index in [1.807, 2.05) is 48.6 Å². The molecular weight excluding hydrogens is 537 g/mol. The van der Waals surface area contributed by atoms with Crippen molar-refractivity contribution in [2.45, 2.75) is 31.0 Å². The largest absolute Gasteiger partial charge is 0.416 e. The van der Waals surface area contributed by atoms with Crippen LogP contribution in [-0.4, -0.2) is 36.4 Å². The second-order valence-electron chi connectivity index (χ2n) is 9.11. The van der Waals surface area contributed by atoms with Gasteiger partial charge in [0, 0.05) is 47.1 Å². The van der Waals surface area contributed by atoms with E-state index in [1.165, 1.54) is 30.2 Å². The topological polar surface area (TPSA) is 88.5 Å². The summed E-state index contributed by atoms with van der Waals surface area (Å²) in [7, 11) is 0. The zero-order chi connectivity index (χ0) is 28.1. The number of alkyl halides is 3. The zero-order valence-electron chi connectivity index (χ0n) is 21.4. The molecule has 3 heterocycles. The van der Waals surface area contributed by atoms with Crippen molar-refractivity contribution in [2.75, 3.05) is 11.1 Å². The van der Waals surface area contributed by atoms with Gasteiger partial charge in [-0.05, 0) is 67.1 Å². The number of thioether (sulfide) groups is 1. The van der Waals surface area contributed by atoms with Gasteiger partial charge in [0.1, 0.15) is 0 Å². The highest BCUT2D eigenvalue weighted by Crippen LogP contribution is 2.34. The molecule has 0 unspecified atom stereocenters. The maximum absolute atomic E-state index is 13.7. The van der Waals surface area contributed by atoms with Gasteiger partial charge in [-0.25, -0.2) is 4.98 Å². The fraction of sp³-hybridized carbons (Fsp3) is 0.172. The Labute approximate surface area is 232 Å². The number of rotatable bonds is 9. The SMILES string of the molecule is Cc1cn(Cc2ccc(NC(=O)CCSc3ccc4c(/C=C/c5ccccn5)n[nH]c4c3)cc2C(F)(F)F)cn1. The normalized spacial score (nSPS) is 11.9. The Kier molecular flexibility index (Phi) is 8.01. The van der Waals surface area contributed by atoms with E-state index in [0.717, 1.165) is 38.9 Å². The molecule has 1 amide bonds. The number of imidazole rings is 1. The van der Waals surface area contributed by atoms with Gasteiger partial charge in [-0.3, -0.25) is 14.9 Å². The summed E-state index contributed by atoms with van der Waals surface area (Å²) in [6, 6.07) is 15.4. The zero-order valence-corrected chi connectivity index (χ0v) is 22.3. The van der Waals surface area contributed by atoms with E-state index < -0.39 is 11.7 Å². The van der Waals surface area contributed by atoms with Gasteiger partial charge in [-0.15, -0.1) is 11.8 Å². The van der Waals surface area contributed by atoms with Crippen molar-refractivity contribution >= 4 is 46.4 Å². The number of H-pyrrole nitrogens is 1. The molecule has 2 aromatic carbocycles. The van der Waals surface area contributed by atoms with Gasteiger partial charge >= 0.3 is 6.18 Å². The summed E-state index contributed by atoms with van der Waals surface area (Å²) in [5.74, 6) is 0.102. The molecule has 2 N–H and O–H groups in total. The van der Waals surface area contributed by atoms with Crippen molar-refractivity contribution < 1.29 is 18.0 Å². The lowest BCUT2D eigenvalue weighted by atomic mass is 10.1. The van der Waals surface area contributed by atoms with E-state index in [9.17, 15) is 18.0 Å². The first-order valence-electron chi connectivity index (χ1n) is 12.4. The fourth-order valence-electron chi connectivity index (χ4n) is 4.17. The summed E-state index contributed by atoms with van der Waals surface area (Å²) in [6.07, 6.45) is 4.27. The first-order valence-corrected chi connectivity index (χ1v) is 13.4. The van der Waals surface area contributed by atoms with Crippen molar-refractivity contribution in [2.24, 2.45) is 0 Å². The van der Waals surface area contributed by atoms with Crippen molar-refractivity contribution in [1.82, 2.24) is 24.7 Å². The number of nitrogens with one attached hydrogen (secondary N) is 2. The summed E-state index contributed by atoms with van der Waals surface area (Å²) in [5, 5.41) is 10.9. The molecule has 5 rings (SSSR count). The number of aromatic amines is 1. The Morgan fingerprint density at radius 2 is 1.98 bits per heavy atom. The Morgan fingerprint density at radius 1 is 1.10 bits per heavy atom. The maximum Gasteiger partial charge on any atom is 0.416 e. The Hall–Kier alpha value is -4.38. The molecule has 0 fully saturated rings. The van der Waals surface area contributed by atoms with Crippen LogP contribution in [0, 0.1) is 6.92 Å². The number of benzene rings is 2. The number of carbonyl (C=O) groups excluding carboxylic acids is 1. The molecule has 5 aromatic rings. The van der Waals surface area contributed by atoms with E-state index in [0.29, 0.717) is 5.75 Å². The number of aromatic nitrogens is 5. The molecule has 0 bridgehead atoms. The number of nitrogens with zero attached hydrogens (tertiary/aromatic N) is 4. The maximum atomic E-state index is 13.7. The third-order valence-corrected chi connectivity index (χ3v) is 7.07. The molecule has 40 heavy (non-hydrogen) atoms. The van der Waals surface area contributed by atoms with Gasteiger partial charge in [0.2, 0.25) is 5.91 Å². The molecule has 0 spiro atoms. The minimum absolute atomic E-state index is 0.0310. The van der Waals surface area contributed by atoms with Gasteiger partial charge < -0.3 is 9.88 Å². The second-order valence-corrected chi connectivity index (χ2v) is 10.3. The third kappa shape index (κ3) is 6.78. The first kappa shape index (κ1) is 27.2. The number of pyridine rings is 1. The number of carbonyl (C=O) groups is 1. The highest BCUT2D eigenvalue weighted by Gasteiger charge is 2.33. The average Bonchev–Trinajstić information content (AvgIpc) is 3.53. The van der Waals surface area contributed by atoms with Crippen molar-refractivity contribution in [3.8, 4) is 0 Å². The van der Waals surface area contributed by atoms with Crippen LogP contribution in [0.15, 0.2) is 78.2 Å². The van der Waals surface area contributed by atoms with Crippen molar-refractivity contribution in [1.29, 1.82) is 0 Å². The molecule has 0 aliphatic heterocycles. The molecular formula is C29H25F3N6OS. The molecule has 0 aliphatic rings. The predicted octanol–water partition coefficient (Wildman–Crippen LogP) is 6.82. The lowest BCUT2D eigenvalue weighted by Crippen LogP contribution is -2.15. The summed E-state index contributed by atoms with van der Waals surface area (Å²) >= 11 is 1.48. The minimum atomic E-state index is -4.55. The van der Waals surface area contributed by atoms with E-state index in [2.05, 4.69) is 25.5 Å². The standard InChI is InChI=1S/C29H25F3N6OS/c1-19-16-38(18-34-19)17-20-5-6-22(14-25(20)29(30,31)32)35-28(39)11-13-40-23-8-9-24-26(36-37-27(24)15-23)10-7-21-4-2-3-12-33-21/h2-10,12,14-16,18H,11,13,17H2,1H3,(H,35,39)(H,36,37)/b10-7+. The number of hydrogen-bond acceptors (Lipinski definition) is 5. The smallest absolute Gasteiger partial charge is 0.333 e. The lowest BCUT2D eigenvalue weighted by molar-refractivity contribution is -0.138. The van der Waals surface area contributed by atoms with E-state index in [-0.39, 0.29) is 30.1 Å². The van der Waals surface area contributed by atoms with Crippen LogP contribution in [0.2, 0.25) is 0 Å². The van der Waals surface area contributed by atoms with E-state index >= 15 is 0 Å². The lowest BCUT2D eigenvalue weighted by Gasteiger charge is -2.15. The fourth-order valence-corrected chi connectivity index (χ4v) is 5.06. The van der Waals surface area contributed by atoms with Crippen molar-refractivity contribution in [3.63, 3.8) is 0 Å². The Bertz CT molecular complexity index is 1660. The number of fused-ring (bicyclic) bond motifs is 1. The van der Waals surface area contributed by atoms with E-state index in [4.69, 9.17) is 0 Å². The number of halogens is 3. The Morgan fingerprint density at radius 3 is 2.73 bits per heavy atom. The molecule has 204 valence electrons.